The van der Waals surface area contributed by atoms with Crippen molar-refractivity contribution in [3.63, 3.8) is 0 Å². The van der Waals surface area contributed by atoms with Crippen LogP contribution in [0.3, 0.4) is 0 Å². The highest BCUT2D eigenvalue weighted by molar-refractivity contribution is 9.10. The number of ether oxygens (including phenoxy) is 1. The molecule has 0 aromatic carbocycles. The number of carbonyl (C=O) groups excluding carboxylic acids is 2. The van der Waals surface area contributed by atoms with Crippen molar-refractivity contribution in [2.24, 2.45) is 11.3 Å². The Bertz CT molecular complexity index is 703. The van der Waals surface area contributed by atoms with Gasteiger partial charge in [0.05, 0.1) is 12.0 Å². The number of nitrogens with one attached hydrogen (secondary N) is 2. The molecule has 3 aliphatic rings. The predicted octanol–water partition coefficient (Wildman–Crippen LogP) is 1.36. The number of hydrogen-bond donors (Lipinski definition) is 2. The maximum Gasteiger partial charge on any atom is 0.312 e. The molecule has 2 aliphatic heterocycles. The Morgan fingerprint density at radius 2 is 2.20 bits per heavy atom. The Labute approximate surface area is 155 Å². The number of nitrogens with zero attached hydrogens (tertiary/aromatic N) is 1. The normalized spacial score (nSPS) is 27.2. The Morgan fingerprint density at radius 1 is 1.40 bits per heavy atom. The van der Waals surface area contributed by atoms with Crippen molar-refractivity contribution in [1.29, 1.82) is 0 Å². The lowest BCUT2D eigenvalue weighted by Crippen LogP contribution is -2.40. The van der Waals surface area contributed by atoms with E-state index >= 15 is 0 Å². The number of fused-ring (bicyclic) bond motifs is 1. The Hall–Kier alpha value is -1.47. The van der Waals surface area contributed by atoms with Gasteiger partial charge in [0.1, 0.15) is 6.10 Å². The van der Waals surface area contributed by atoms with Gasteiger partial charge >= 0.3 is 5.97 Å². The summed E-state index contributed by atoms with van der Waals surface area (Å²) in [5, 5.41) is 6.27. The van der Waals surface area contributed by atoms with E-state index in [4.69, 9.17) is 4.74 Å². The topological polar surface area (TPSA) is 80.3 Å². The largest absolute Gasteiger partial charge is 0.460 e. The molecule has 1 amide bonds. The van der Waals surface area contributed by atoms with Crippen LogP contribution in [0.15, 0.2) is 16.7 Å². The summed E-state index contributed by atoms with van der Waals surface area (Å²) in [7, 11) is 0. The highest BCUT2D eigenvalue weighted by Crippen LogP contribution is 2.41. The van der Waals surface area contributed by atoms with Crippen molar-refractivity contribution in [3.05, 3.63) is 28.0 Å². The van der Waals surface area contributed by atoms with Gasteiger partial charge < -0.3 is 15.4 Å². The molecule has 2 unspecified atom stereocenters. The summed E-state index contributed by atoms with van der Waals surface area (Å²) >= 11 is 3.42. The molecule has 2 saturated heterocycles. The van der Waals surface area contributed by atoms with E-state index in [-0.39, 0.29) is 29.3 Å². The lowest BCUT2D eigenvalue weighted by atomic mass is 9.76. The zero-order valence-corrected chi connectivity index (χ0v) is 15.6. The summed E-state index contributed by atoms with van der Waals surface area (Å²) in [6, 6.07) is 2.04. The van der Waals surface area contributed by atoms with Gasteiger partial charge in [-0.2, -0.15) is 0 Å². The van der Waals surface area contributed by atoms with Crippen molar-refractivity contribution in [1.82, 2.24) is 15.6 Å². The van der Waals surface area contributed by atoms with Gasteiger partial charge in [0, 0.05) is 35.1 Å². The first-order chi connectivity index (χ1) is 12.1. The number of aromatic nitrogens is 1. The van der Waals surface area contributed by atoms with Crippen LogP contribution in [-0.2, 0) is 27.2 Å². The van der Waals surface area contributed by atoms with E-state index in [0.29, 0.717) is 25.8 Å². The lowest BCUT2D eigenvalue weighted by Gasteiger charge is -2.29. The minimum atomic E-state index is -0.333. The number of esters is 1. The van der Waals surface area contributed by atoms with Crippen LogP contribution >= 0.6 is 15.9 Å². The van der Waals surface area contributed by atoms with Gasteiger partial charge in [-0.25, -0.2) is 0 Å². The highest BCUT2D eigenvalue weighted by Gasteiger charge is 2.49. The van der Waals surface area contributed by atoms with E-state index in [9.17, 15) is 9.59 Å². The quantitative estimate of drug-likeness (QED) is 0.739. The van der Waals surface area contributed by atoms with Crippen LogP contribution in [0, 0.1) is 11.3 Å². The standard InChI is InChI=1S/C18H22BrN3O3/c19-13-6-11-5-12(7-15(11)21-9-13)16(23)22-10-14-8-18(17(24)25-14)1-3-20-4-2-18/h6,9,12,14,20H,1-5,7-8,10H2,(H,22,23). The van der Waals surface area contributed by atoms with Crippen LogP contribution in [0.4, 0.5) is 0 Å². The molecule has 25 heavy (non-hydrogen) atoms. The molecular weight excluding hydrogens is 386 g/mol. The molecule has 2 fully saturated rings. The van der Waals surface area contributed by atoms with Crippen LogP contribution in [0.5, 0.6) is 0 Å². The summed E-state index contributed by atoms with van der Waals surface area (Å²) < 4.78 is 6.49. The molecule has 2 N–H and O–H groups in total. The zero-order valence-electron chi connectivity index (χ0n) is 14.0. The van der Waals surface area contributed by atoms with Crippen molar-refractivity contribution in [3.8, 4) is 0 Å². The number of cyclic esters (lactones) is 1. The van der Waals surface area contributed by atoms with Gasteiger partial charge in [-0.3, -0.25) is 14.6 Å². The number of amides is 1. The number of halogens is 1. The highest BCUT2D eigenvalue weighted by atomic mass is 79.9. The molecule has 1 aliphatic carbocycles. The number of rotatable bonds is 3. The second-order valence-electron chi connectivity index (χ2n) is 7.37. The summed E-state index contributed by atoms with van der Waals surface area (Å²) in [5.74, 6) is -0.145. The first-order valence-corrected chi connectivity index (χ1v) is 9.68. The fourth-order valence-electron chi connectivity index (χ4n) is 4.25. The number of pyridine rings is 1. The van der Waals surface area contributed by atoms with Crippen LogP contribution in [0.2, 0.25) is 0 Å². The van der Waals surface area contributed by atoms with Crippen LogP contribution in [-0.4, -0.2) is 42.6 Å². The summed E-state index contributed by atoms with van der Waals surface area (Å²) in [5.41, 5.74) is 1.81. The average molecular weight is 408 g/mol. The average Bonchev–Trinajstić information content (AvgIpc) is 3.15. The molecule has 4 rings (SSSR count). The van der Waals surface area contributed by atoms with E-state index in [1.54, 1.807) is 6.20 Å². The van der Waals surface area contributed by atoms with Gasteiger partial charge in [-0.1, -0.05) is 0 Å². The third-order valence-corrected chi connectivity index (χ3v) is 6.13. The summed E-state index contributed by atoms with van der Waals surface area (Å²) in [4.78, 5) is 29.2. The fourth-order valence-corrected chi connectivity index (χ4v) is 4.63. The first kappa shape index (κ1) is 17.0. The van der Waals surface area contributed by atoms with Crippen LogP contribution in [0.25, 0.3) is 0 Å². The van der Waals surface area contributed by atoms with Crippen molar-refractivity contribution >= 4 is 27.8 Å². The minimum Gasteiger partial charge on any atom is -0.460 e. The second-order valence-corrected chi connectivity index (χ2v) is 8.29. The smallest absolute Gasteiger partial charge is 0.312 e. The molecule has 0 saturated carbocycles. The maximum atomic E-state index is 12.5. The number of hydrogen-bond acceptors (Lipinski definition) is 5. The predicted molar refractivity (Wildman–Crippen MR) is 94.9 cm³/mol. The Balaban J connectivity index is 1.31. The molecule has 0 bridgehead atoms. The molecule has 1 aromatic heterocycles. The SMILES string of the molecule is O=C(NCC1CC2(CCNCC2)C(=O)O1)C1Cc2cc(Br)cnc2C1. The molecule has 134 valence electrons. The molecular formula is C18H22BrN3O3. The molecule has 3 heterocycles. The lowest BCUT2D eigenvalue weighted by molar-refractivity contribution is -0.150. The van der Waals surface area contributed by atoms with Crippen molar-refractivity contribution < 1.29 is 14.3 Å². The molecule has 1 aromatic rings. The molecule has 6 nitrogen and oxygen atoms in total. The van der Waals surface area contributed by atoms with Gasteiger partial charge in [0.15, 0.2) is 0 Å². The summed E-state index contributed by atoms with van der Waals surface area (Å²) in [6.45, 7) is 2.12. The van der Waals surface area contributed by atoms with E-state index in [2.05, 4.69) is 31.5 Å². The second kappa shape index (κ2) is 6.68. The van der Waals surface area contributed by atoms with Crippen molar-refractivity contribution in [2.75, 3.05) is 19.6 Å². The first-order valence-electron chi connectivity index (χ1n) is 8.88. The van der Waals surface area contributed by atoms with Crippen LogP contribution in [0.1, 0.15) is 30.5 Å². The van der Waals surface area contributed by atoms with Gasteiger partial charge in [-0.15, -0.1) is 0 Å². The van der Waals surface area contributed by atoms with E-state index < -0.39 is 0 Å². The number of carbonyl (C=O) groups is 2. The molecule has 0 radical (unpaired) electrons. The van der Waals surface area contributed by atoms with Crippen LogP contribution < -0.4 is 10.6 Å². The maximum absolute atomic E-state index is 12.5. The van der Waals surface area contributed by atoms with Crippen molar-refractivity contribution in [2.45, 2.75) is 38.2 Å². The molecule has 1 spiro atoms. The zero-order chi connectivity index (χ0) is 17.4. The third-order valence-electron chi connectivity index (χ3n) is 5.69. The Kier molecular flexibility index (Phi) is 4.54. The monoisotopic (exact) mass is 407 g/mol. The molecule has 7 heteroatoms. The van der Waals surface area contributed by atoms with E-state index in [1.807, 2.05) is 6.07 Å². The van der Waals surface area contributed by atoms with Gasteiger partial charge in [-0.05, 0) is 59.9 Å². The Morgan fingerprint density at radius 3 is 3.00 bits per heavy atom. The molecule has 2 atom stereocenters. The van der Waals surface area contributed by atoms with Gasteiger partial charge in [0.2, 0.25) is 5.91 Å². The fraction of sp³-hybridized carbons (Fsp3) is 0.611. The third kappa shape index (κ3) is 3.31. The number of piperidine rings is 1. The van der Waals surface area contributed by atoms with Gasteiger partial charge in [0.25, 0.3) is 0 Å². The van der Waals surface area contributed by atoms with E-state index in [0.717, 1.165) is 41.7 Å². The van der Waals surface area contributed by atoms with E-state index in [1.165, 1.54) is 0 Å². The minimum absolute atomic E-state index is 0.0245. The summed E-state index contributed by atoms with van der Waals surface area (Å²) in [6.07, 6.45) is 5.33.